The first-order valence-corrected chi connectivity index (χ1v) is 4.42. The Labute approximate surface area is 86.6 Å². The molecule has 0 N–H and O–H groups in total. The molecule has 0 aromatic heterocycles. The molecule has 0 radical (unpaired) electrons. The average Bonchev–Trinajstić information content (AvgIpc) is 1.97. The van der Waals surface area contributed by atoms with Crippen molar-refractivity contribution in [2.75, 3.05) is 0 Å². The maximum atomic E-state index is 12.9. The van der Waals surface area contributed by atoms with Crippen molar-refractivity contribution in [2.45, 2.75) is 0 Å². The van der Waals surface area contributed by atoms with Crippen molar-refractivity contribution in [1.82, 2.24) is 0 Å². The predicted octanol–water partition coefficient (Wildman–Crippen LogP) is 3.62. The minimum atomic E-state index is -0.904. The van der Waals surface area contributed by atoms with Gasteiger partial charge in [-0.2, -0.15) is 0 Å². The molecule has 0 saturated heterocycles. The quantitative estimate of drug-likeness (QED) is 0.563. The Morgan fingerprint density at radius 1 is 1.50 bits per heavy atom. The van der Waals surface area contributed by atoms with E-state index in [0.29, 0.717) is 4.47 Å². The van der Waals surface area contributed by atoms with Gasteiger partial charge < -0.3 is 0 Å². The first kappa shape index (κ1) is 9.96. The Kier molecular flexibility index (Phi) is 3.09. The Bertz CT molecular complexity index is 340. The molecule has 12 heavy (non-hydrogen) atoms. The summed E-state index contributed by atoms with van der Waals surface area (Å²) in [6.07, 6.45) is 0. The summed E-state index contributed by atoms with van der Waals surface area (Å²) < 4.78 is 13.3. The molecule has 0 bridgehead atoms. The van der Waals surface area contributed by atoms with Crippen molar-refractivity contribution in [3.05, 3.63) is 33.0 Å². The predicted molar refractivity (Wildman–Crippen MR) is 49.3 cm³/mol. The third-order valence-electron chi connectivity index (χ3n) is 1.24. The van der Waals surface area contributed by atoms with Gasteiger partial charge in [0, 0.05) is 4.47 Å². The van der Waals surface area contributed by atoms with Crippen LogP contribution in [0.4, 0.5) is 4.39 Å². The van der Waals surface area contributed by atoms with Gasteiger partial charge in [0.2, 0.25) is 0 Å². The fourth-order valence-electron chi connectivity index (χ4n) is 0.707. The van der Waals surface area contributed by atoms with Gasteiger partial charge in [0.25, 0.3) is 5.24 Å². The maximum absolute atomic E-state index is 12.9. The molecule has 1 rings (SSSR count). The second-order valence-corrected chi connectivity index (χ2v) is 3.57. The molecule has 0 unspecified atom stereocenters. The topological polar surface area (TPSA) is 17.1 Å². The Hall–Kier alpha value is -0.120. The molecule has 0 saturated carbocycles. The van der Waals surface area contributed by atoms with Crippen LogP contribution in [0.1, 0.15) is 10.4 Å². The lowest BCUT2D eigenvalue weighted by Crippen LogP contribution is -1.95. The lowest BCUT2D eigenvalue weighted by Gasteiger charge is -2.01. The molecule has 0 aliphatic rings. The number of benzene rings is 1. The first-order chi connectivity index (χ1) is 5.54. The largest absolute Gasteiger partial charge is 0.275 e. The van der Waals surface area contributed by atoms with Crippen LogP contribution in [-0.2, 0) is 0 Å². The molecule has 0 aliphatic carbocycles. The number of hydrogen-bond donors (Lipinski definition) is 0. The van der Waals surface area contributed by atoms with Crippen molar-refractivity contribution in [2.24, 2.45) is 0 Å². The van der Waals surface area contributed by atoms with E-state index < -0.39 is 11.1 Å². The van der Waals surface area contributed by atoms with Gasteiger partial charge >= 0.3 is 0 Å². The van der Waals surface area contributed by atoms with Gasteiger partial charge in [-0.05, 0) is 39.7 Å². The highest BCUT2D eigenvalue weighted by molar-refractivity contribution is 9.10. The summed E-state index contributed by atoms with van der Waals surface area (Å²) >= 11 is 13.7. The summed E-state index contributed by atoms with van der Waals surface area (Å²) in [5.41, 5.74) is -0.298. The van der Waals surface area contributed by atoms with Gasteiger partial charge in [0.15, 0.2) is 0 Å². The second kappa shape index (κ2) is 3.73. The highest BCUT2D eigenvalue weighted by Crippen LogP contribution is 2.29. The van der Waals surface area contributed by atoms with E-state index in [1.807, 2.05) is 0 Å². The van der Waals surface area contributed by atoms with Crippen molar-refractivity contribution in [3.8, 4) is 0 Å². The summed E-state index contributed by atoms with van der Waals surface area (Å²) in [6.45, 7) is 0. The zero-order chi connectivity index (χ0) is 9.30. The highest BCUT2D eigenvalue weighted by atomic mass is 79.9. The number of rotatable bonds is 1. The van der Waals surface area contributed by atoms with Crippen LogP contribution in [0.2, 0.25) is 5.02 Å². The smallest absolute Gasteiger partial charge is 0.256 e. The van der Waals surface area contributed by atoms with Gasteiger partial charge in [-0.1, -0.05) is 11.6 Å². The molecule has 0 fully saturated rings. The molecule has 0 heterocycles. The van der Waals surface area contributed by atoms with Crippen LogP contribution in [-0.4, -0.2) is 5.24 Å². The van der Waals surface area contributed by atoms with E-state index in [1.54, 1.807) is 0 Å². The second-order valence-electron chi connectivity index (χ2n) is 1.99. The molecule has 64 valence electrons. The number of halogens is 4. The van der Waals surface area contributed by atoms with E-state index in [0.717, 1.165) is 6.07 Å². The SMILES string of the molecule is O=C(Cl)c1c(F)ccc(Br)c1Cl. The molecular weight excluding hydrogens is 270 g/mol. The third kappa shape index (κ3) is 1.79. The van der Waals surface area contributed by atoms with E-state index in [4.69, 9.17) is 23.2 Å². The average molecular weight is 272 g/mol. The van der Waals surface area contributed by atoms with Crippen LogP contribution in [0.3, 0.4) is 0 Å². The third-order valence-corrected chi connectivity index (χ3v) is 2.71. The number of carbonyl (C=O) groups excluding carboxylic acids is 1. The van der Waals surface area contributed by atoms with E-state index in [-0.39, 0.29) is 10.6 Å². The molecular formula is C7H2BrCl2FO. The van der Waals surface area contributed by atoms with Crippen LogP contribution >= 0.6 is 39.1 Å². The molecule has 0 spiro atoms. The van der Waals surface area contributed by atoms with Crippen molar-refractivity contribution in [3.63, 3.8) is 0 Å². The van der Waals surface area contributed by atoms with Gasteiger partial charge in [-0.15, -0.1) is 0 Å². The number of hydrogen-bond acceptors (Lipinski definition) is 1. The number of carbonyl (C=O) groups is 1. The van der Waals surface area contributed by atoms with Gasteiger partial charge in [-0.3, -0.25) is 4.79 Å². The maximum Gasteiger partial charge on any atom is 0.256 e. The Balaban J connectivity index is 3.43. The lowest BCUT2D eigenvalue weighted by atomic mass is 10.2. The zero-order valence-electron chi connectivity index (χ0n) is 5.57. The fourth-order valence-corrected chi connectivity index (χ4v) is 1.51. The lowest BCUT2D eigenvalue weighted by molar-refractivity contribution is 0.107. The molecule has 1 aromatic carbocycles. The monoisotopic (exact) mass is 270 g/mol. The van der Waals surface area contributed by atoms with E-state index in [9.17, 15) is 9.18 Å². The van der Waals surface area contributed by atoms with E-state index >= 15 is 0 Å². The van der Waals surface area contributed by atoms with Crippen LogP contribution in [0.5, 0.6) is 0 Å². The Morgan fingerprint density at radius 2 is 2.08 bits per heavy atom. The summed E-state index contributed by atoms with van der Waals surface area (Å²) in [5.74, 6) is -0.719. The van der Waals surface area contributed by atoms with Crippen LogP contribution in [0.25, 0.3) is 0 Å². The van der Waals surface area contributed by atoms with Crippen molar-refractivity contribution < 1.29 is 9.18 Å². The summed E-state index contributed by atoms with van der Waals surface area (Å²) in [6, 6.07) is 2.52. The van der Waals surface area contributed by atoms with Crippen LogP contribution in [0.15, 0.2) is 16.6 Å². The normalized spacial score (nSPS) is 10.0. The summed E-state index contributed by atoms with van der Waals surface area (Å²) in [4.78, 5) is 10.7. The van der Waals surface area contributed by atoms with Crippen molar-refractivity contribution in [1.29, 1.82) is 0 Å². The fraction of sp³-hybridized carbons (Fsp3) is 0. The van der Waals surface area contributed by atoms with Crippen LogP contribution < -0.4 is 0 Å². The molecule has 1 aromatic rings. The first-order valence-electron chi connectivity index (χ1n) is 2.87. The highest BCUT2D eigenvalue weighted by Gasteiger charge is 2.15. The molecule has 0 amide bonds. The minimum Gasteiger partial charge on any atom is -0.275 e. The molecule has 1 nitrogen and oxygen atoms in total. The standard InChI is InChI=1S/C7H2BrCl2FO/c8-3-1-2-4(11)5(6(3)9)7(10)12/h1-2H. The summed E-state index contributed by atoms with van der Waals surface area (Å²) in [5, 5.41) is -0.909. The van der Waals surface area contributed by atoms with E-state index in [1.165, 1.54) is 6.07 Å². The van der Waals surface area contributed by atoms with Crippen molar-refractivity contribution >= 4 is 44.4 Å². The van der Waals surface area contributed by atoms with E-state index in [2.05, 4.69) is 15.9 Å². The molecule has 0 aliphatic heterocycles. The van der Waals surface area contributed by atoms with Gasteiger partial charge in [0.05, 0.1) is 10.6 Å². The van der Waals surface area contributed by atoms with Gasteiger partial charge in [0.1, 0.15) is 5.82 Å². The van der Waals surface area contributed by atoms with Gasteiger partial charge in [-0.25, -0.2) is 4.39 Å². The molecule has 0 atom stereocenters. The minimum absolute atomic E-state index is 0.00463. The summed E-state index contributed by atoms with van der Waals surface area (Å²) in [7, 11) is 0. The molecule has 5 heteroatoms. The zero-order valence-corrected chi connectivity index (χ0v) is 8.67. The Morgan fingerprint density at radius 3 is 2.50 bits per heavy atom. The van der Waals surface area contributed by atoms with Crippen LogP contribution in [0, 0.1) is 5.82 Å².